The molecule has 0 aliphatic carbocycles. The van der Waals surface area contributed by atoms with Crippen molar-refractivity contribution in [2.45, 2.75) is 19.3 Å². The van der Waals surface area contributed by atoms with Crippen LogP contribution in [-0.2, 0) is 19.7 Å². The summed E-state index contributed by atoms with van der Waals surface area (Å²) in [5.74, 6) is -2.28. The Balaban J connectivity index is 3.23. The molecule has 1 N–H and O–H groups in total. The zero-order chi connectivity index (χ0) is 14.6. The van der Waals surface area contributed by atoms with Gasteiger partial charge in [-0.2, -0.15) is 0 Å². The maximum atomic E-state index is 11.8. The van der Waals surface area contributed by atoms with Crippen LogP contribution in [0, 0.1) is 10.1 Å². The van der Waals surface area contributed by atoms with Gasteiger partial charge in [-0.3, -0.25) is 19.7 Å². The van der Waals surface area contributed by atoms with Crippen molar-refractivity contribution < 1.29 is 24.4 Å². The van der Waals surface area contributed by atoms with Crippen LogP contribution in [0.5, 0.6) is 0 Å². The maximum Gasteiger partial charge on any atom is 0.327 e. The Morgan fingerprint density at radius 3 is 2.26 bits per heavy atom. The zero-order valence-corrected chi connectivity index (χ0v) is 10.5. The summed E-state index contributed by atoms with van der Waals surface area (Å²) < 4.78 is 4.75. The summed E-state index contributed by atoms with van der Waals surface area (Å²) in [4.78, 5) is 33.0. The second-order valence-corrected chi connectivity index (χ2v) is 3.95. The number of benzene rings is 1. The van der Waals surface area contributed by atoms with E-state index in [-0.39, 0.29) is 17.9 Å². The molecule has 0 fully saturated rings. The molecule has 19 heavy (non-hydrogen) atoms. The van der Waals surface area contributed by atoms with Crippen LogP contribution in [0.1, 0.15) is 19.4 Å². The zero-order valence-electron chi connectivity index (χ0n) is 10.5. The van der Waals surface area contributed by atoms with E-state index in [2.05, 4.69) is 0 Å². The summed E-state index contributed by atoms with van der Waals surface area (Å²) in [6, 6.07) is 4.78. The lowest BCUT2D eigenvalue weighted by atomic mass is 9.82. The second-order valence-electron chi connectivity index (χ2n) is 3.95. The van der Waals surface area contributed by atoms with Crippen molar-refractivity contribution in [2.75, 3.05) is 6.61 Å². The van der Waals surface area contributed by atoms with Crippen LogP contribution in [0.15, 0.2) is 24.3 Å². The first-order chi connectivity index (χ1) is 8.83. The minimum atomic E-state index is -1.88. The van der Waals surface area contributed by atoms with Crippen molar-refractivity contribution in [3.63, 3.8) is 0 Å². The SMILES string of the molecule is CCOC(=O)C(C)(C(=O)O)c1ccc([N+](=O)[O-])cc1. The average molecular weight is 267 g/mol. The molecule has 0 radical (unpaired) electrons. The molecule has 0 aliphatic rings. The van der Waals surface area contributed by atoms with Gasteiger partial charge in [0.25, 0.3) is 5.69 Å². The summed E-state index contributed by atoms with van der Waals surface area (Å²) in [5.41, 5.74) is -1.94. The first kappa shape index (κ1) is 14.6. The highest BCUT2D eigenvalue weighted by atomic mass is 16.6. The molecule has 0 amide bonds. The molecule has 0 aliphatic heterocycles. The Labute approximate surface area is 109 Å². The van der Waals surface area contributed by atoms with Crippen molar-refractivity contribution in [1.29, 1.82) is 0 Å². The van der Waals surface area contributed by atoms with E-state index >= 15 is 0 Å². The van der Waals surface area contributed by atoms with E-state index in [9.17, 15) is 24.8 Å². The number of aliphatic carboxylic acids is 1. The number of nitrogens with zero attached hydrogens (tertiary/aromatic N) is 1. The van der Waals surface area contributed by atoms with Crippen LogP contribution in [0.25, 0.3) is 0 Å². The standard InChI is InChI=1S/C12H13NO6/c1-3-19-11(16)12(2,10(14)15)8-4-6-9(7-5-8)13(17)18/h4-7H,3H2,1-2H3,(H,14,15). The van der Waals surface area contributed by atoms with Crippen LogP contribution < -0.4 is 0 Å². The fourth-order valence-electron chi connectivity index (χ4n) is 1.52. The van der Waals surface area contributed by atoms with Gasteiger partial charge in [0.2, 0.25) is 0 Å². The highest BCUT2D eigenvalue weighted by Gasteiger charge is 2.44. The third kappa shape index (κ3) is 2.70. The first-order valence-electron chi connectivity index (χ1n) is 5.49. The lowest BCUT2D eigenvalue weighted by Crippen LogP contribution is -2.42. The van der Waals surface area contributed by atoms with Crippen LogP contribution >= 0.6 is 0 Å². The van der Waals surface area contributed by atoms with E-state index in [1.54, 1.807) is 6.92 Å². The van der Waals surface area contributed by atoms with Gasteiger partial charge in [0.15, 0.2) is 5.41 Å². The van der Waals surface area contributed by atoms with Gasteiger partial charge in [-0.1, -0.05) is 12.1 Å². The van der Waals surface area contributed by atoms with Gasteiger partial charge in [0, 0.05) is 12.1 Å². The number of carboxylic acids is 1. The maximum absolute atomic E-state index is 11.8. The molecule has 1 atom stereocenters. The number of carbonyl (C=O) groups is 2. The quantitative estimate of drug-likeness (QED) is 0.375. The number of rotatable bonds is 5. The van der Waals surface area contributed by atoms with Gasteiger partial charge in [-0.25, -0.2) is 0 Å². The lowest BCUT2D eigenvalue weighted by molar-refractivity contribution is -0.384. The number of non-ortho nitro benzene ring substituents is 1. The van der Waals surface area contributed by atoms with E-state index in [4.69, 9.17) is 4.74 Å². The van der Waals surface area contributed by atoms with Gasteiger partial charge in [0.1, 0.15) is 0 Å². The molecule has 7 nitrogen and oxygen atoms in total. The minimum absolute atomic E-state index is 0.0503. The van der Waals surface area contributed by atoms with Crippen molar-refractivity contribution in [3.05, 3.63) is 39.9 Å². The summed E-state index contributed by atoms with van der Waals surface area (Å²) in [6.45, 7) is 2.82. The summed E-state index contributed by atoms with van der Waals surface area (Å²) in [7, 11) is 0. The molecule has 0 saturated carbocycles. The van der Waals surface area contributed by atoms with Crippen LogP contribution in [0.2, 0.25) is 0 Å². The van der Waals surface area contributed by atoms with Gasteiger partial charge in [-0.15, -0.1) is 0 Å². The molecular formula is C12H13NO6. The Bertz CT molecular complexity index is 509. The molecule has 102 valence electrons. The van der Waals surface area contributed by atoms with E-state index in [0.29, 0.717) is 0 Å². The summed E-state index contributed by atoms with van der Waals surface area (Å²) in [6.07, 6.45) is 0. The topological polar surface area (TPSA) is 107 Å². The van der Waals surface area contributed by atoms with E-state index in [0.717, 1.165) is 12.1 Å². The third-order valence-corrected chi connectivity index (χ3v) is 2.77. The minimum Gasteiger partial charge on any atom is -0.480 e. The van der Waals surface area contributed by atoms with Crippen molar-refractivity contribution in [2.24, 2.45) is 0 Å². The lowest BCUT2D eigenvalue weighted by Gasteiger charge is -2.22. The molecular weight excluding hydrogens is 254 g/mol. The van der Waals surface area contributed by atoms with E-state index in [1.165, 1.54) is 19.1 Å². The average Bonchev–Trinajstić information content (AvgIpc) is 2.37. The largest absolute Gasteiger partial charge is 0.480 e. The molecule has 1 aromatic rings. The first-order valence-corrected chi connectivity index (χ1v) is 5.49. The van der Waals surface area contributed by atoms with Crippen LogP contribution in [0.3, 0.4) is 0 Å². The Kier molecular flexibility index (Phi) is 4.21. The number of carbonyl (C=O) groups excluding carboxylic acids is 1. The third-order valence-electron chi connectivity index (χ3n) is 2.77. The number of hydrogen-bond donors (Lipinski definition) is 1. The van der Waals surface area contributed by atoms with Gasteiger partial charge < -0.3 is 9.84 Å². The Morgan fingerprint density at radius 1 is 1.37 bits per heavy atom. The fourth-order valence-corrected chi connectivity index (χ4v) is 1.52. The smallest absolute Gasteiger partial charge is 0.327 e. The molecule has 0 spiro atoms. The van der Waals surface area contributed by atoms with E-state index < -0.39 is 22.3 Å². The highest BCUT2D eigenvalue weighted by molar-refractivity contribution is 6.05. The Hall–Kier alpha value is -2.44. The molecule has 1 unspecified atom stereocenters. The monoisotopic (exact) mass is 267 g/mol. The van der Waals surface area contributed by atoms with Crippen LogP contribution in [0.4, 0.5) is 5.69 Å². The molecule has 1 aromatic carbocycles. The number of nitro benzene ring substituents is 1. The predicted molar refractivity (Wildman–Crippen MR) is 64.7 cm³/mol. The molecule has 0 heterocycles. The molecule has 7 heteroatoms. The van der Waals surface area contributed by atoms with Crippen LogP contribution in [-0.4, -0.2) is 28.6 Å². The van der Waals surface area contributed by atoms with Crippen molar-refractivity contribution >= 4 is 17.6 Å². The number of nitro groups is 1. The number of hydrogen-bond acceptors (Lipinski definition) is 5. The normalized spacial score (nSPS) is 13.4. The second kappa shape index (κ2) is 5.47. The van der Waals surface area contributed by atoms with Crippen molar-refractivity contribution in [1.82, 2.24) is 0 Å². The highest BCUT2D eigenvalue weighted by Crippen LogP contribution is 2.27. The van der Waals surface area contributed by atoms with Crippen molar-refractivity contribution in [3.8, 4) is 0 Å². The molecule has 1 rings (SSSR count). The molecule has 0 aromatic heterocycles. The summed E-state index contributed by atoms with van der Waals surface area (Å²) >= 11 is 0. The predicted octanol–water partition coefficient (Wildman–Crippen LogP) is 1.50. The van der Waals surface area contributed by atoms with Gasteiger partial charge >= 0.3 is 11.9 Å². The summed E-state index contributed by atoms with van der Waals surface area (Å²) in [5, 5.41) is 19.8. The number of esters is 1. The number of carboxylic acid groups (broad SMARTS) is 1. The Morgan fingerprint density at radius 2 is 1.89 bits per heavy atom. The number of ether oxygens (including phenoxy) is 1. The molecule has 0 bridgehead atoms. The fraction of sp³-hybridized carbons (Fsp3) is 0.333. The van der Waals surface area contributed by atoms with Gasteiger partial charge in [-0.05, 0) is 19.4 Å². The van der Waals surface area contributed by atoms with E-state index in [1.807, 2.05) is 0 Å². The molecule has 0 saturated heterocycles. The van der Waals surface area contributed by atoms with Gasteiger partial charge in [0.05, 0.1) is 11.5 Å².